The molecular formula is C25H38N2O2. The van der Waals surface area contributed by atoms with E-state index in [9.17, 15) is 9.90 Å². The number of fused-ring (bicyclic) bond motifs is 1. The maximum atomic E-state index is 13.4. The van der Waals surface area contributed by atoms with Gasteiger partial charge >= 0.3 is 0 Å². The van der Waals surface area contributed by atoms with Gasteiger partial charge in [-0.05, 0) is 43.2 Å². The molecule has 2 unspecified atom stereocenters. The SMILES string of the molecule is CCCCCCN1CC2[C@@H](C1)[C@@H]2NC(=O)C(O)(c1ccccc1)C1CCCCC1. The molecule has 29 heavy (non-hydrogen) atoms. The van der Waals surface area contributed by atoms with Gasteiger partial charge < -0.3 is 15.3 Å². The van der Waals surface area contributed by atoms with Crippen molar-refractivity contribution in [2.45, 2.75) is 76.4 Å². The fourth-order valence-electron chi connectivity index (χ4n) is 5.80. The second-order valence-electron chi connectivity index (χ2n) is 9.61. The molecule has 2 saturated carbocycles. The summed E-state index contributed by atoms with van der Waals surface area (Å²) >= 11 is 0. The summed E-state index contributed by atoms with van der Waals surface area (Å²) in [7, 11) is 0. The van der Waals surface area contributed by atoms with Gasteiger partial charge in [0, 0.05) is 25.0 Å². The van der Waals surface area contributed by atoms with Gasteiger partial charge in [-0.25, -0.2) is 0 Å². The van der Waals surface area contributed by atoms with Crippen LogP contribution in [0.4, 0.5) is 0 Å². The van der Waals surface area contributed by atoms with E-state index in [1.807, 2.05) is 30.3 Å². The molecule has 1 saturated heterocycles. The molecule has 160 valence electrons. The second-order valence-corrected chi connectivity index (χ2v) is 9.61. The molecule has 0 aromatic heterocycles. The van der Waals surface area contributed by atoms with Gasteiger partial charge in [0.15, 0.2) is 5.60 Å². The molecule has 0 radical (unpaired) electrons. The molecule has 0 bridgehead atoms. The monoisotopic (exact) mass is 398 g/mol. The largest absolute Gasteiger partial charge is 0.375 e. The van der Waals surface area contributed by atoms with Gasteiger partial charge in [0.25, 0.3) is 5.91 Å². The number of carbonyl (C=O) groups excluding carboxylic acids is 1. The molecule has 3 fully saturated rings. The first-order valence-electron chi connectivity index (χ1n) is 12.0. The maximum Gasteiger partial charge on any atom is 0.257 e. The van der Waals surface area contributed by atoms with Crippen molar-refractivity contribution in [1.29, 1.82) is 0 Å². The van der Waals surface area contributed by atoms with E-state index >= 15 is 0 Å². The summed E-state index contributed by atoms with van der Waals surface area (Å²) in [6.45, 7) is 5.66. The van der Waals surface area contributed by atoms with Crippen LogP contribution in [-0.2, 0) is 10.4 Å². The van der Waals surface area contributed by atoms with E-state index in [1.54, 1.807) is 0 Å². The fourth-order valence-corrected chi connectivity index (χ4v) is 5.80. The molecule has 4 heteroatoms. The van der Waals surface area contributed by atoms with Crippen molar-refractivity contribution in [1.82, 2.24) is 10.2 Å². The van der Waals surface area contributed by atoms with Gasteiger partial charge in [0.2, 0.25) is 0 Å². The molecule has 4 rings (SSSR count). The Morgan fingerprint density at radius 3 is 2.41 bits per heavy atom. The molecule has 4 nitrogen and oxygen atoms in total. The van der Waals surface area contributed by atoms with Crippen LogP contribution in [0, 0.1) is 17.8 Å². The Kier molecular flexibility index (Phi) is 6.60. The number of piperidine rings is 1. The van der Waals surface area contributed by atoms with E-state index < -0.39 is 5.60 Å². The minimum atomic E-state index is -1.39. The predicted molar refractivity (Wildman–Crippen MR) is 116 cm³/mol. The molecule has 3 aliphatic rings. The van der Waals surface area contributed by atoms with Crippen molar-refractivity contribution in [3.63, 3.8) is 0 Å². The lowest BCUT2D eigenvalue weighted by atomic mass is 9.73. The van der Waals surface area contributed by atoms with Crippen molar-refractivity contribution < 1.29 is 9.90 Å². The number of likely N-dealkylation sites (tertiary alicyclic amines) is 1. The van der Waals surface area contributed by atoms with E-state index in [-0.39, 0.29) is 17.9 Å². The maximum absolute atomic E-state index is 13.4. The van der Waals surface area contributed by atoms with Crippen molar-refractivity contribution >= 4 is 5.91 Å². The lowest BCUT2D eigenvalue weighted by Crippen LogP contribution is -2.51. The molecule has 2 N–H and O–H groups in total. The summed E-state index contributed by atoms with van der Waals surface area (Å²) in [5, 5.41) is 15.0. The quantitative estimate of drug-likeness (QED) is 0.616. The molecule has 2 aliphatic carbocycles. The van der Waals surface area contributed by atoms with Crippen molar-refractivity contribution in [2.24, 2.45) is 17.8 Å². The van der Waals surface area contributed by atoms with Gasteiger partial charge in [0.1, 0.15) is 0 Å². The summed E-state index contributed by atoms with van der Waals surface area (Å²) in [6.07, 6.45) is 10.5. The predicted octanol–water partition coefficient (Wildman–Crippen LogP) is 4.08. The number of benzene rings is 1. The second kappa shape index (κ2) is 9.18. The van der Waals surface area contributed by atoms with E-state index in [1.165, 1.54) is 38.6 Å². The highest BCUT2D eigenvalue weighted by atomic mass is 16.3. The van der Waals surface area contributed by atoms with E-state index in [0.717, 1.165) is 44.3 Å². The number of amides is 1. The lowest BCUT2D eigenvalue weighted by Gasteiger charge is -2.38. The smallest absolute Gasteiger partial charge is 0.257 e. The average molecular weight is 399 g/mol. The van der Waals surface area contributed by atoms with Crippen LogP contribution in [0.5, 0.6) is 0 Å². The number of hydrogen-bond donors (Lipinski definition) is 2. The van der Waals surface area contributed by atoms with Crippen LogP contribution in [-0.4, -0.2) is 41.6 Å². The van der Waals surface area contributed by atoms with Crippen molar-refractivity contribution in [3.8, 4) is 0 Å². The van der Waals surface area contributed by atoms with Crippen LogP contribution in [0.3, 0.4) is 0 Å². The molecular weight excluding hydrogens is 360 g/mol. The summed E-state index contributed by atoms with van der Waals surface area (Å²) in [5.41, 5.74) is -0.633. The Labute approximate surface area is 176 Å². The zero-order valence-corrected chi connectivity index (χ0v) is 18.0. The first-order chi connectivity index (χ1) is 14.1. The number of aliphatic hydroxyl groups is 1. The molecule has 1 aromatic carbocycles. The third-order valence-corrected chi connectivity index (χ3v) is 7.65. The molecule has 4 atom stereocenters. The minimum absolute atomic E-state index is 0.0207. The normalized spacial score (nSPS) is 29.2. The summed E-state index contributed by atoms with van der Waals surface area (Å²) in [4.78, 5) is 16.0. The van der Waals surface area contributed by atoms with Crippen LogP contribution in [0.25, 0.3) is 0 Å². The van der Waals surface area contributed by atoms with Gasteiger partial charge in [-0.2, -0.15) is 0 Å². The number of nitrogens with one attached hydrogen (secondary N) is 1. The third-order valence-electron chi connectivity index (χ3n) is 7.65. The van der Waals surface area contributed by atoms with Crippen molar-refractivity contribution in [3.05, 3.63) is 35.9 Å². The topological polar surface area (TPSA) is 52.6 Å². The standard InChI is InChI=1S/C25H38N2O2/c1-2-3-4-11-16-27-17-21-22(18-27)23(21)26-24(28)25(29,19-12-7-5-8-13-19)20-14-9-6-10-15-20/h5,7-8,12-13,20-23,29H,2-4,6,9-11,14-18H2,1H3,(H,26,28)/t21-,22?,23+,25?/m1/s1. The Bertz CT molecular complexity index is 661. The van der Waals surface area contributed by atoms with Gasteiger partial charge in [-0.15, -0.1) is 0 Å². The van der Waals surface area contributed by atoms with Crippen LogP contribution in [0.1, 0.15) is 70.3 Å². The average Bonchev–Trinajstić information content (AvgIpc) is 3.20. The zero-order chi connectivity index (χ0) is 20.3. The van der Waals surface area contributed by atoms with E-state index in [0.29, 0.717) is 11.8 Å². The van der Waals surface area contributed by atoms with Crippen LogP contribution < -0.4 is 5.32 Å². The highest BCUT2D eigenvalue weighted by molar-refractivity contribution is 5.87. The molecule has 1 aliphatic heterocycles. The van der Waals surface area contributed by atoms with Crippen molar-refractivity contribution in [2.75, 3.05) is 19.6 Å². The Morgan fingerprint density at radius 1 is 1.07 bits per heavy atom. The number of hydrogen-bond acceptors (Lipinski definition) is 3. The highest BCUT2D eigenvalue weighted by Gasteiger charge is 2.58. The first kappa shape index (κ1) is 20.9. The lowest BCUT2D eigenvalue weighted by molar-refractivity contribution is -0.149. The van der Waals surface area contributed by atoms with Gasteiger partial charge in [0.05, 0.1) is 0 Å². The van der Waals surface area contributed by atoms with Gasteiger partial charge in [-0.3, -0.25) is 4.79 Å². The molecule has 1 heterocycles. The van der Waals surface area contributed by atoms with Crippen LogP contribution in [0.2, 0.25) is 0 Å². The minimum Gasteiger partial charge on any atom is -0.375 e. The molecule has 0 spiro atoms. The van der Waals surface area contributed by atoms with E-state index in [2.05, 4.69) is 17.1 Å². The third kappa shape index (κ3) is 4.39. The Balaban J connectivity index is 1.36. The van der Waals surface area contributed by atoms with Crippen LogP contribution >= 0.6 is 0 Å². The van der Waals surface area contributed by atoms with Gasteiger partial charge in [-0.1, -0.05) is 75.8 Å². The molecule has 1 aromatic rings. The highest BCUT2D eigenvalue weighted by Crippen LogP contribution is 2.47. The summed E-state index contributed by atoms with van der Waals surface area (Å²) in [6, 6.07) is 9.90. The number of carbonyl (C=O) groups is 1. The van der Waals surface area contributed by atoms with E-state index in [4.69, 9.17) is 0 Å². The number of nitrogens with zero attached hydrogens (tertiary/aromatic N) is 1. The zero-order valence-electron chi connectivity index (χ0n) is 18.0. The number of rotatable bonds is 9. The first-order valence-corrected chi connectivity index (χ1v) is 12.0. The van der Waals surface area contributed by atoms with Crippen LogP contribution in [0.15, 0.2) is 30.3 Å². The Hall–Kier alpha value is -1.39. The Morgan fingerprint density at radius 2 is 1.76 bits per heavy atom. The fraction of sp³-hybridized carbons (Fsp3) is 0.720. The summed E-state index contributed by atoms with van der Waals surface area (Å²) < 4.78 is 0. The molecule has 1 amide bonds. The number of unbranched alkanes of at least 4 members (excludes halogenated alkanes) is 3. The summed E-state index contributed by atoms with van der Waals surface area (Å²) in [5.74, 6) is 1.02.